The summed E-state index contributed by atoms with van der Waals surface area (Å²) in [4.78, 5) is 23.1. The summed E-state index contributed by atoms with van der Waals surface area (Å²) in [6.07, 6.45) is 0. The molecule has 20 heavy (non-hydrogen) atoms. The summed E-state index contributed by atoms with van der Waals surface area (Å²) in [5.41, 5.74) is 6.90. The maximum Gasteiger partial charge on any atom is 0.343 e. The van der Waals surface area contributed by atoms with Crippen molar-refractivity contribution >= 4 is 17.6 Å². The molecule has 3 N–H and O–H groups in total. The van der Waals surface area contributed by atoms with Crippen molar-refractivity contribution in [1.82, 2.24) is 0 Å². The molecule has 0 heterocycles. The molecule has 0 aliphatic rings. The quantitative estimate of drug-likeness (QED) is 0.508. The van der Waals surface area contributed by atoms with E-state index in [1.165, 1.54) is 18.2 Å². The number of aromatic carboxylic acids is 1. The van der Waals surface area contributed by atoms with Crippen molar-refractivity contribution in [2.24, 2.45) is 0 Å². The Hall–Kier alpha value is -2.82. The van der Waals surface area contributed by atoms with Gasteiger partial charge in [-0.05, 0) is 42.8 Å². The second kappa shape index (κ2) is 5.44. The van der Waals surface area contributed by atoms with Gasteiger partial charge in [-0.15, -0.1) is 0 Å². The van der Waals surface area contributed by atoms with Crippen LogP contribution in [0.1, 0.15) is 26.3 Å². The van der Waals surface area contributed by atoms with E-state index in [1.807, 2.05) is 0 Å². The molecule has 0 aliphatic heterocycles. The van der Waals surface area contributed by atoms with Gasteiger partial charge >= 0.3 is 11.9 Å². The average molecular weight is 271 g/mol. The van der Waals surface area contributed by atoms with Crippen molar-refractivity contribution in [3.63, 3.8) is 0 Å². The van der Waals surface area contributed by atoms with E-state index in [2.05, 4.69) is 0 Å². The van der Waals surface area contributed by atoms with Crippen LogP contribution in [0.15, 0.2) is 42.5 Å². The smallest absolute Gasteiger partial charge is 0.343 e. The van der Waals surface area contributed by atoms with Crippen LogP contribution in [0.5, 0.6) is 5.75 Å². The molecule has 0 bridgehead atoms. The number of benzene rings is 2. The van der Waals surface area contributed by atoms with Gasteiger partial charge in [0.2, 0.25) is 0 Å². The SMILES string of the molecule is Cc1cccc(C(=O)O)c1OC(=O)c1ccc(N)cc1. The number of nitrogen functional groups attached to an aromatic ring is 1. The maximum atomic E-state index is 12.0. The second-order valence-corrected chi connectivity index (χ2v) is 4.27. The molecule has 2 rings (SSSR count). The van der Waals surface area contributed by atoms with Gasteiger partial charge in [0.15, 0.2) is 0 Å². The Balaban J connectivity index is 2.32. The van der Waals surface area contributed by atoms with Crippen LogP contribution in [-0.2, 0) is 0 Å². The molecule has 0 fully saturated rings. The molecule has 0 amide bonds. The lowest BCUT2D eigenvalue weighted by Crippen LogP contribution is -2.12. The zero-order valence-corrected chi connectivity index (χ0v) is 10.8. The lowest BCUT2D eigenvalue weighted by atomic mass is 10.1. The molecule has 0 spiro atoms. The highest BCUT2D eigenvalue weighted by Gasteiger charge is 2.17. The molecule has 2 aromatic rings. The van der Waals surface area contributed by atoms with E-state index in [1.54, 1.807) is 31.2 Å². The van der Waals surface area contributed by atoms with Crippen LogP contribution in [-0.4, -0.2) is 17.0 Å². The van der Waals surface area contributed by atoms with E-state index in [-0.39, 0.29) is 11.3 Å². The van der Waals surface area contributed by atoms with Crippen LogP contribution in [0, 0.1) is 6.92 Å². The van der Waals surface area contributed by atoms with E-state index in [0.717, 1.165) is 0 Å². The van der Waals surface area contributed by atoms with Gasteiger partial charge in [0.1, 0.15) is 11.3 Å². The van der Waals surface area contributed by atoms with Crippen LogP contribution in [0.3, 0.4) is 0 Å². The van der Waals surface area contributed by atoms with Gasteiger partial charge in [-0.2, -0.15) is 0 Å². The molecule has 0 atom stereocenters. The van der Waals surface area contributed by atoms with Crippen LogP contribution in [0.4, 0.5) is 5.69 Å². The fourth-order valence-electron chi connectivity index (χ4n) is 1.73. The van der Waals surface area contributed by atoms with E-state index < -0.39 is 11.9 Å². The van der Waals surface area contributed by atoms with E-state index in [0.29, 0.717) is 16.8 Å². The monoisotopic (exact) mass is 271 g/mol. The fraction of sp³-hybridized carbons (Fsp3) is 0.0667. The van der Waals surface area contributed by atoms with Crippen molar-refractivity contribution in [1.29, 1.82) is 0 Å². The van der Waals surface area contributed by atoms with Gasteiger partial charge in [0, 0.05) is 5.69 Å². The minimum absolute atomic E-state index is 0.0474. The molecule has 0 unspecified atom stereocenters. The largest absolute Gasteiger partial charge is 0.478 e. The standard InChI is InChI=1S/C15H13NO4/c1-9-3-2-4-12(14(17)18)13(9)20-15(19)10-5-7-11(16)8-6-10/h2-8H,16H2,1H3,(H,17,18). The lowest BCUT2D eigenvalue weighted by molar-refractivity contribution is 0.0681. The highest BCUT2D eigenvalue weighted by Crippen LogP contribution is 2.24. The van der Waals surface area contributed by atoms with Gasteiger partial charge in [-0.1, -0.05) is 12.1 Å². The lowest BCUT2D eigenvalue weighted by Gasteiger charge is -2.10. The molecule has 5 nitrogen and oxygen atoms in total. The molecule has 2 aromatic carbocycles. The summed E-state index contributed by atoms with van der Waals surface area (Å²) >= 11 is 0. The van der Waals surface area contributed by atoms with Crippen molar-refractivity contribution in [2.75, 3.05) is 5.73 Å². The third-order valence-corrected chi connectivity index (χ3v) is 2.78. The predicted molar refractivity (Wildman–Crippen MR) is 74.0 cm³/mol. The molecule has 5 heteroatoms. The zero-order chi connectivity index (χ0) is 14.7. The summed E-state index contributed by atoms with van der Waals surface area (Å²) in [5.74, 6) is -1.71. The highest BCUT2D eigenvalue weighted by atomic mass is 16.5. The molecule has 0 aliphatic carbocycles. The molecule has 0 radical (unpaired) electrons. The highest BCUT2D eigenvalue weighted by molar-refractivity contribution is 5.96. The number of para-hydroxylation sites is 1. The number of hydrogen-bond donors (Lipinski definition) is 2. The van der Waals surface area contributed by atoms with Crippen molar-refractivity contribution in [3.05, 3.63) is 59.2 Å². The molecule has 0 aromatic heterocycles. The summed E-state index contributed by atoms with van der Waals surface area (Å²) in [6.45, 7) is 1.68. The fourth-order valence-corrected chi connectivity index (χ4v) is 1.73. The Morgan fingerprint density at radius 3 is 2.35 bits per heavy atom. The first-order valence-corrected chi connectivity index (χ1v) is 5.89. The summed E-state index contributed by atoms with van der Waals surface area (Å²) < 4.78 is 5.20. The van der Waals surface area contributed by atoms with Crippen LogP contribution < -0.4 is 10.5 Å². The van der Waals surface area contributed by atoms with Gasteiger partial charge < -0.3 is 15.6 Å². The van der Waals surface area contributed by atoms with Gasteiger partial charge in [-0.3, -0.25) is 0 Å². The Bertz CT molecular complexity index is 662. The van der Waals surface area contributed by atoms with Crippen LogP contribution in [0.2, 0.25) is 0 Å². The Kier molecular flexibility index (Phi) is 3.70. The number of hydrogen-bond acceptors (Lipinski definition) is 4. The van der Waals surface area contributed by atoms with E-state index in [4.69, 9.17) is 15.6 Å². The number of carboxylic acid groups (broad SMARTS) is 1. The molecular formula is C15H13NO4. The number of carbonyl (C=O) groups excluding carboxylic acids is 1. The molecule has 102 valence electrons. The van der Waals surface area contributed by atoms with Gasteiger partial charge in [-0.25, -0.2) is 9.59 Å². The van der Waals surface area contributed by atoms with Crippen molar-refractivity contribution in [3.8, 4) is 5.75 Å². The zero-order valence-electron chi connectivity index (χ0n) is 10.8. The Morgan fingerprint density at radius 2 is 1.75 bits per heavy atom. The second-order valence-electron chi connectivity index (χ2n) is 4.27. The summed E-state index contributed by atoms with van der Waals surface area (Å²) in [5, 5.41) is 9.10. The van der Waals surface area contributed by atoms with Crippen molar-refractivity contribution < 1.29 is 19.4 Å². The normalized spacial score (nSPS) is 10.1. The number of esters is 1. The number of carbonyl (C=O) groups is 2. The first kappa shape index (κ1) is 13.6. The number of anilines is 1. The number of ether oxygens (including phenoxy) is 1. The first-order chi connectivity index (χ1) is 9.49. The first-order valence-electron chi connectivity index (χ1n) is 5.89. The van der Waals surface area contributed by atoms with Gasteiger partial charge in [0.25, 0.3) is 0 Å². The molecule has 0 saturated carbocycles. The Morgan fingerprint density at radius 1 is 1.10 bits per heavy atom. The maximum absolute atomic E-state index is 12.0. The number of nitrogens with two attached hydrogens (primary N) is 1. The van der Waals surface area contributed by atoms with Gasteiger partial charge in [0.05, 0.1) is 5.56 Å². The number of rotatable bonds is 3. The van der Waals surface area contributed by atoms with Crippen LogP contribution >= 0.6 is 0 Å². The minimum atomic E-state index is -1.14. The third kappa shape index (κ3) is 2.77. The van der Waals surface area contributed by atoms with Crippen LogP contribution in [0.25, 0.3) is 0 Å². The molecule has 0 saturated heterocycles. The summed E-state index contributed by atoms with van der Waals surface area (Å²) in [7, 11) is 0. The topological polar surface area (TPSA) is 89.6 Å². The van der Waals surface area contributed by atoms with E-state index in [9.17, 15) is 9.59 Å². The van der Waals surface area contributed by atoms with Crippen molar-refractivity contribution in [2.45, 2.75) is 6.92 Å². The van der Waals surface area contributed by atoms with E-state index >= 15 is 0 Å². The average Bonchev–Trinajstić information content (AvgIpc) is 2.41. The molecular weight excluding hydrogens is 258 g/mol. The number of carboxylic acids is 1. The predicted octanol–water partition coefficient (Wildman–Crippen LogP) is 2.49. The number of aryl methyl sites for hydroxylation is 1. The third-order valence-electron chi connectivity index (χ3n) is 2.78. The minimum Gasteiger partial charge on any atom is -0.478 e. The summed E-state index contributed by atoms with van der Waals surface area (Å²) in [6, 6.07) is 10.9. The Labute approximate surface area is 115 Å².